The van der Waals surface area contributed by atoms with Gasteiger partial charge in [-0.2, -0.15) is 5.01 Å². The molecular weight excluding hydrogens is 559 g/mol. The van der Waals surface area contributed by atoms with E-state index < -0.39 is 47.9 Å². The minimum atomic E-state index is -0.791. The van der Waals surface area contributed by atoms with Crippen LogP contribution in [0.5, 0.6) is 5.75 Å². The third-order valence-electron chi connectivity index (χ3n) is 7.49. The molecule has 0 radical (unpaired) electrons. The fraction of sp³-hybridized carbons (Fsp3) is 0.207. The number of ether oxygens (including phenoxy) is 1. The number of rotatable bonds is 7. The zero-order chi connectivity index (χ0) is 28.1. The number of halogens is 2. The Kier molecular flexibility index (Phi) is 6.56. The molecule has 1 aromatic heterocycles. The summed E-state index contributed by atoms with van der Waals surface area (Å²) in [7, 11) is 0. The van der Waals surface area contributed by atoms with Crippen LogP contribution in [0.4, 0.5) is 0 Å². The average molecular weight is 579 g/mol. The molecule has 11 heteroatoms. The zero-order valence-corrected chi connectivity index (χ0v) is 22.2. The van der Waals surface area contributed by atoms with Gasteiger partial charge in [0.2, 0.25) is 5.76 Å². The second kappa shape index (κ2) is 10.1. The quantitative estimate of drug-likeness (QED) is 0.129. The standard InChI is InChI=1S/C29H20Cl2N2O7/c30-18-7-10-20(21(31)13-18)26(35)32(33-27(36)24-16-3-4-17(12-16)25(24)28(33)37)14-22(34)15-5-8-19(9-6-15)40-29(38)23-2-1-11-39-23/h1-11,13,16-17,24-25H,12,14H2/t16-,17-,24+,25+/m0/s1. The van der Waals surface area contributed by atoms with Gasteiger partial charge in [-0.05, 0) is 72.9 Å². The van der Waals surface area contributed by atoms with Gasteiger partial charge in [0.15, 0.2) is 5.78 Å². The van der Waals surface area contributed by atoms with Gasteiger partial charge in [-0.25, -0.2) is 9.80 Å². The van der Waals surface area contributed by atoms with Crippen molar-refractivity contribution in [1.82, 2.24) is 10.0 Å². The second-order valence-electron chi connectivity index (χ2n) is 9.79. The van der Waals surface area contributed by atoms with Crippen LogP contribution in [0.25, 0.3) is 0 Å². The molecular formula is C29H20Cl2N2O7. The van der Waals surface area contributed by atoms with E-state index in [4.69, 9.17) is 32.4 Å². The normalized spacial score (nSPS) is 22.5. The molecule has 2 heterocycles. The van der Waals surface area contributed by atoms with Crippen LogP contribution in [0.15, 0.2) is 77.4 Å². The van der Waals surface area contributed by atoms with Crippen LogP contribution in [0, 0.1) is 23.7 Å². The van der Waals surface area contributed by atoms with Crippen LogP contribution in [-0.4, -0.2) is 46.0 Å². The molecule has 3 aromatic rings. The van der Waals surface area contributed by atoms with E-state index in [0.717, 1.165) is 10.0 Å². The molecule has 1 aliphatic heterocycles. The molecule has 0 unspecified atom stereocenters. The van der Waals surface area contributed by atoms with Crippen molar-refractivity contribution in [3.05, 3.63) is 99.9 Å². The van der Waals surface area contributed by atoms with E-state index in [-0.39, 0.29) is 39.5 Å². The maximum absolute atomic E-state index is 13.7. The van der Waals surface area contributed by atoms with E-state index in [0.29, 0.717) is 11.4 Å². The van der Waals surface area contributed by atoms with Gasteiger partial charge < -0.3 is 9.15 Å². The Morgan fingerprint density at radius 1 is 0.950 bits per heavy atom. The smallest absolute Gasteiger partial charge is 0.379 e. The highest BCUT2D eigenvalue weighted by molar-refractivity contribution is 6.36. The summed E-state index contributed by atoms with van der Waals surface area (Å²) in [5, 5.41) is 1.98. The Hall–Kier alpha value is -4.21. The molecule has 1 saturated heterocycles. The summed E-state index contributed by atoms with van der Waals surface area (Å²) in [5.41, 5.74) is 0.150. The Morgan fingerprint density at radius 2 is 1.62 bits per heavy atom. The third kappa shape index (κ3) is 4.41. The first-order valence-corrected chi connectivity index (χ1v) is 13.2. The molecule has 0 spiro atoms. The fourth-order valence-corrected chi connectivity index (χ4v) is 6.14. The van der Waals surface area contributed by atoms with Crippen LogP contribution < -0.4 is 4.74 Å². The number of ketones is 1. The number of hydrogen-bond donors (Lipinski definition) is 0. The van der Waals surface area contributed by atoms with Crippen molar-refractivity contribution in [2.24, 2.45) is 23.7 Å². The van der Waals surface area contributed by atoms with Crippen LogP contribution in [0.2, 0.25) is 10.0 Å². The maximum atomic E-state index is 13.7. The Morgan fingerprint density at radius 3 is 2.23 bits per heavy atom. The minimum Gasteiger partial charge on any atom is -0.457 e. The largest absolute Gasteiger partial charge is 0.457 e. The topological polar surface area (TPSA) is 114 Å². The van der Waals surface area contributed by atoms with E-state index in [9.17, 15) is 24.0 Å². The first kappa shape index (κ1) is 26.0. The molecule has 3 aliphatic rings. The van der Waals surface area contributed by atoms with E-state index in [1.165, 1.54) is 54.8 Å². The van der Waals surface area contributed by atoms with Crippen molar-refractivity contribution in [3.8, 4) is 5.75 Å². The fourth-order valence-electron chi connectivity index (χ4n) is 5.65. The second-order valence-corrected chi connectivity index (χ2v) is 10.6. The van der Waals surface area contributed by atoms with Gasteiger partial charge in [-0.1, -0.05) is 35.4 Å². The molecule has 0 N–H and O–H groups in total. The summed E-state index contributed by atoms with van der Waals surface area (Å²) in [6, 6.07) is 12.9. The molecule has 1 saturated carbocycles. The molecule has 2 fully saturated rings. The summed E-state index contributed by atoms with van der Waals surface area (Å²) in [4.78, 5) is 66.3. The number of benzene rings is 2. The van der Waals surface area contributed by atoms with Crippen molar-refractivity contribution < 1.29 is 33.1 Å². The summed E-state index contributed by atoms with van der Waals surface area (Å²) in [6.07, 6.45) is 5.93. The van der Waals surface area contributed by atoms with E-state index in [1.54, 1.807) is 6.07 Å². The number of imide groups is 1. The lowest BCUT2D eigenvalue weighted by atomic mass is 9.85. The molecule has 3 amide bonds. The molecule has 2 aliphatic carbocycles. The number of carbonyl (C=O) groups is 5. The van der Waals surface area contributed by atoms with Crippen molar-refractivity contribution >= 4 is 52.7 Å². The number of Topliss-reactive ketones (excluding diaryl/α,β-unsaturated/α-hetero) is 1. The van der Waals surface area contributed by atoms with Crippen molar-refractivity contribution in [3.63, 3.8) is 0 Å². The van der Waals surface area contributed by atoms with Crippen LogP contribution in [0.1, 0.15) is 37.7 Å². The highest BCUT2D eigenvalue weighted by Gasteiger charge is 2.61. The van der Waals surface area contributed by atoms with Crippen molar-refractivity contribution in [2.75, 3.05) is 6.54 Å². The highest BCUT2D eigenvalue weighted by atomic mass is 35.5. The van der Waals surface area contributed by atoms with Crippen LogP contribution >= 0.6 is 23.2 Å². The monoisotopic (exact) mass is 578 g/mol. The average Bonchev–Trinajstić information content (AvgIpc) is 3.73. The molecule has 4 atom stereocenters. The lowest BCUT2D eigenvalue weighted by Crippen LogP contribution is -2.52. The molecule has 202 valence electrons. The summed E-state index contributed by atoms with van der Waals surface area (Å²) >= 11 is 12.3. The maximum Gasteiger partial charge on any atom is 0.379 e. The summed E-state index contributed by atoms with van der Waals surface area (Å²) in [5.74, 6) is -4.21. The predicted molar refractivity (Wildman–Crippen MR) is 142 cm³/mol. The van der Waals surface area contributed by atoms with Gasteiger partial charge in [-0.3, -0.25) is 19.2 Å². The van der Waals surface area contributed by atoms with Gasteiger partial charge >= 0.3 is 5.97 Å². The lowest BCUT2D eigenvalue weighted by Gasteiger charge is -2.31. The van der Waals surface area contributed by atoms with Crippen LogP contribution in [0.3, 0.4) is 0 Å². The number of amides is 3. The first-order valence-electron chi connectivity index (χ1n) is 12.4. The Balaban J connectivity index is 1.27. The number of allylic oxidation sites excluding steroid dienone is 2. The van der Waals surface area contributed by atoms with E-state index >= 15 is 0 Å². The lowest BCUT2D eigenvalue weighted by molar-refractivity contribution is -0.154. The number of hydrogen-bond acceptors (Lipinski definition) is 7. The number of carbonyl (C=O) groups excluding carboxylic acids is 5. The Labute approximate surface area is 237 Å². The number of nitrogens with zero attached hydrogens (tertiary/aromatic N) is 2. The number of esters is 1. The molecule has 2 aromatic carbocycles. The zero-order valence-electron chi connectivity index (χ0n) is 20.7. The number of furan rings is 1. The Bertz CT molecular complexity index is 1550. The first-order chi connectivity index (χ1) is 19.2. The summed E-state index contributed by atoms with van der Waals surface area (Å²) in [6.45, 7) is -0.608. The molecule has 40 heavy (non-hydrogen) atoms. The molecule has 9 nitrogen and oxygen atoms in total. The van der Waals surface area contributed by atoms with Gasteiger partial charge in [0.25, 0.3) is 17.7 Å². The van der Waals surface area contributed by atoms with E-state index in [1.807, 2.05) is 12.2 Å². The minimum absolute atomic E-state index is 0.0127. The van der Waals surface area contributed by atoms with Crippen molar-refractivity contribution in [1.29, 1.82) is 0 Å². The SMILES string of the molecule is O=C(CN(C(=O)c1ccc(Cl)cc1Cl)N1C(=O)[C@H]2[C@H](C1=O)[C@H]1C=C[C@H]2C1)c1ccc(OC(=O)c2ccco2)cc1. The van der Waals surface area contributed by atoms with Gasteiger partial charge in [0.1, 0.15) is 12.3 Å². The third-order valence-corrected chi connectivity index (χ3v) is 8.03. The van der Waals surface area contributed by atoms with Gasteiger partial charge in [-0.15, -0.1) is 0 Å². The molecule has 6 rings (SSSR count). The van der Waals surface area contributed by atoms with Crippen LogP contribution in [-0.2, 0) is 9.59 Å². The molecule has 2 bridgehead atoms. The number of fused-ring (bicyclic) bond motifs is 5. The highest BCUT2D eigenvalue weighted by Crippen LogP contribution is 2.52. The van der Waals surface area contributed by atoms with E-state index in [2.05, 4.69) is 0 Å². The number of hydrazine groups is 1. The van der Waals surface area contributed by atoms with Crippen molar-refractivity contribution in [2.45, 2.75) is 6.42 Å². The van der Waals surface area contributed by atoms with Gasteiger partial charge in [0.05, 0.1) is 28.7 Å². The predicted octanol–water partition coefficient (Wildman–Crippen LogP) is 4.85. The van der Waals surface area contributed by atoms with Gasteiger partial charge in [0, 0.05) is 10.6 Å². The summed E-state index contributed by atoms with van der Waals surface area (Å²) < 4.78 is 10.2.